The van der Waals surface area contributed by atoms with Crippen molar-refractivity contribution in [3.8, 4) is 23.1 Å². The molecule has 0 aliphatic rings. The van der Waals surface area contributed by atoms with Gasteiger partial charge < -0.3 is 18.7 Å². The summed E-state index contributed by atoms with van der Waals surface area (Å²) in [6.45, 7) is 6.22. The molecule has 0 fully saturated rings. The third-order valence-electron chi connectivity index (χ3n) is 5.43. The molecule has 160 valence electrons. The summed E-state index contributed by atoms with van der Waals surface area (Å²) in [4.78, 5) is 12.9. The molecule has 32 heavy (non-hydrogen) atoms. The van der Waals surface area contributed by atoms with Crippen molar-refractivity contribution in [3.63, 3.8) is 0 Å². The lowest BCUT2D eigenvalue weighted by molar-refractivity contribution is -0.116. The Kier molecular flexibility index (Phi) is 4.86. The van der Waals surface area contributed by atoms with Crippen LogP contribution in [0, 0.1) is 20.8 Å². The average molecular weight is 426 g/mol. The quantitative estimate of drug-likeness (QED) is 0.400. The van der Waals surface area contributed by atoms with Crippen molar-refractivity contribution in [2.75, 3.05) is 5.32 Å². The summed E-state index contributed by atoms with van der Waals surface area (Å²) in [7, 11) is 0. The van der Waals surface area contributed by atoms with Crippen molar-refractivity contribution in [3.05, 3.63) is 77.7 Å². The predicted molar refractivity (Wildman–Crippen MR) is 122 cm³/mol. The number of hydrogen-bond donors (Lipinski definition) is 1. The Morgan fingerprint density at radius 3 is 2.50 bits per heavy atom. The molecule has 0 unspecified atom stereocenters. The van der Waals surface area contributed by atoms with Crippen LogP contribution in [-0.4, -0.2) is 20.7 Å². The van der Waals surface area contributed by atoms with Gasteiger partial charge in [-0.15, -0.1) is 10.2 Å². The van der Waals surface area contributed by atoms with Crippen molar-refractivity contribution in [2.45, 2.75) is 27.3 Å². The summed E-state index contributed by atoms with van der Waals surface area (Å²) >= 11 is 0. The van der Waals surface area contributed by atoms with E-state index >= 15 is 0 Å². The minimum absolute atomic E-state index is 0.103. The molecule has 0 saturated heterocycles. The molecule has 0 spiro atoms. The van der Waals surface area contributed by atoms with Gasteiger partial charge in [0.05, 0.1) is 11.8 Å². The topological polar surface area (TPSA) is 86.1 Å². The Bertz CT molecular complexity index is 1400. The largest absolute Gasteiger partial charge is 0.459 e. The molecule has 0 atom stereocenters. The van der Waals surface area contributed by atoms with Crippen LogP contribution < -0.4 is 5.32 Å². The zero-order valence-corrected chi connectivity index (χ0v) is 18.0. The second kappa shape index (κ2) is 7.85. The monoisotopic (exact) mass is 426 g/mol. The number of nitrogens with zero attached hydrogens (tertiary/aromatic N) is 3. The fraction of sp³-hybridized carbons (Fsp3) is 0.160. The van der Waals surface area contributed by atoms with Crippen LogP contribution in [-0.2, 0) is 11.3 Å². The van der Waals surface area contributed by atoms with E-state index in [1.54, 1.807) is 18.4 Å². The summed E-state index contributed by atoms with van der Waals surface area (Å²) in [6, 6.07) is 15.5. The molecule has 7 heteroatoms. The van der Waals surface area contributed by atoms with Crippen LogP contribution in [0.25, 0.3) is 34.0 Å². The number of anilines is 1. The molecule has 2 aromatic carbocycles. The number of hydrogen-bond acceptors (Lipinski definition) is 5. The zero-order valence-electron chi connectivity index (χ0n) is 18.0. The lowest BCUT2D eigenvalue weighted by Gasteiger charge is -2.13. The van der Waals surface area contributed by atoms with E-state index < -0.39 is 0 Å². The first-order chi connectivity index (χ1) is 15.5. The normalized spacial score (nSPS) is 11.2. The van der Waals surface area contributed by atoms with Gasteiger partial charge in [0.2, 0.25) is 11.8 Å². The van der Waals surface area contributed by atoms with Gasteiger partial charge in [0.25, 0.3) is 5.89 Å². The number of fused-ring (bicyclic) bond motifs is 1. The third kappa shape index (κ3) is 3.58. The highest BCUT2D eigenvalue weighted by atomic mass is 16.4. The first-order valence-electron chi connectivity index (χ1n) is 10.3. The van der Waals surface area contributed by atoms with Gasteiger partial charge in [0.15, 0.2) is 5.76 Å². The van der Waals surface area contributed by atoms with Crippen LogP contribution in [0.15, 0.2) is 69.8 Å². The molecule has 0 aliphatic heterocycles. The number of aryl methyl sites for hydroxylation is 3. The second-order valence-electron chi connectivity index (χ2n) is 7.90. The van der Waals surface area contributed by atoms with Gasteiger partial charge in [-0.25, -0.2) is 0 Å². The highest BCUT2D eigenvalue weighted by Gasteiger charge is 2.19. The van der Waals surface area contributed by atoms with Crippen LogP contribution in [0.2, 0.25) is 0 Å². The lowest BCUT2D eigenvalue weighted by Crippen LogP contribution is -2.19. The maximum absolute atomic E-state index is 12.9. The number of amides is 1. The minimum Gasteiger partial charge on any atom is -0.459 e. The highest BCUT2D eigenvalue weighted by molar-refractivity contribution is 5.97. The Morgan fingerprint density at radius 1 is 1.00 bits per heavy atom. The molecule has 3 aromatic heterocycles. The van der Waals surface area contributed by atoms with Crippen LogP contribution in [0.1, 0.15) is 16.7 Å². The standard InChI is InChI=1S/C25H22N4O3/c1-15-11-16(2)23(17(3)12-15)26-22(30)14-29-13-19(18-7-4-5-8-20(18)29)24-27-28-25(32-24)21-9-6-10-31-21/h4-13H,14H2,1-3H3,(H,26,30). The van der Waals surface area contributed by atoms with Crippen molar-refractivity contribution in [1.29, 1.82) is 0 Å². The van der Waals surface area contributed by atoms with E-state index in [4.69, 9.17) is 8.83 Å². The summed E-state index contributed by atoms with van der Waals surface area (Å²) < 4.78 is 13.1. The number of aromatic nitrogens is 3. The summed E-state index contributed by atoms with van der Waals surface area (Å²) in [6.07, 6.45) is 3.43. The minimum atomic E-state index is -0.103. The zero-order chi connectivity index (χ0) is 22.2. The lowest BCUT2D eigenvalue weighted by atomic mass is 10.1. The molecule has 0 radical (unpaired) electrons. The maximum atomic E-state index is 12.9. The Balaban J connectivity index is 1.46. The molecular formula is C25H22N4O3. The van der Waals surface area contributed by atoms with E-state index in [0.29, 0.717) is 17.5 Å². The van der Waals surface area contributed by atoms with Crippen LogP contribution in [0.3, 0.4) is 0 Å². The SMILES string of the molecule is Cc1cc(C)c(NC(=O)Cn2cc(-c3nnc(-c4ccco4)o3)c3ccccc32)c(C)c1. The first kappa shape index (κ1) is 19.8. The smallest absolute Gasteiger partial charge is 0.283 e. The molecule has 3 heterocycles. The third-order valence-corrected chi connectivity index (χ3v) is 5.43. The number of furan rings is 1. The van der Waals surface area contributed by atoms with E-state index in [-0.39, 0.29) is 12.5 Å². The van der Waals surface area contributed by atoms with Crippen molar-refractivity contribution in [2.24, 2.45) is 0 Å². The number of para-hydroxylation sites is 1. The number of rotatable bonds is 5. The Labute approximate surface area is 184 Å². The molecule has 5 rings (SSSR count). The van der Waals surface area contributed by atoms with Crippen LogP contribution in [0.4, 0.5) is 5.69 Å². The molecule has 0 aliphatic carbocycles. The fourth-order valence-corrected chi connectivity index (χ4v) is 4.09. The van der Waals surface area contributed by atoms with Crippen LogP contribution in [0.5, 0.6) is 0 Å². The van der Waals surface area contributed by atoms with E-state index in [0.717, 1.165) is 33.3 Å². The second-order valence-corrected chi connectivity index (χ2v) is 7.90. The number of carbonyl (C=O) groups is 1. The molecule has 0 bridgehead atoms. The molecule has 1 N–H and O–H groups in total. The van der Waals surface area contributed by atoms with Gasteiger partial charge in [-0.05, 0) is 50.1 Å². The van der Waals surface area contributed by atoms with E-state index in [2.05, 4.69) is 27.6 Å². The first-order valence-corrected chi connectivity index (χ1v) is 10.3. The van der Waals surface area contributed by atoms with Gasteiger partial charge in [-0.3, -0.25) is 4.79 Å². The number of benzene rings is 2. The van der Waals surface area contributed by atoms with E-state index in [9.17, 15) is 4.79 Å². The van der Waals surface area contributed by atoms with Crippen LogP contribution >= 0.6 is 0 Å². The predicted octanol–water partition coefficient (Wildman–Crippen LogP) is 5.52. The molecule has 1 amide bonds. The Hall–Kier alpha value is -4.13. The molecule has 0 saturated carbocycles. The van der Waals surface area contributed by atoms with Crippen molar-refractivity contribution >= 4 is 22.5 Å². The number of carbonyl (C=O) groups excluding carboxylic acids is 1. The molecular weight excluding hydrogens is 404 g/mol. The summed E-state index contributed by atoms with van der Waals surface area (Å²) in [5.74, 6) is 1.09. The van der Waals surface area contributed by atoms with Crippen molar-refractivity contribution < 1.29 is 13.6 Å². The fourth-order valence-electron chi connectivity index (χ4n) is 4.09. The Morgan fingerprint density at radius 2 is 1.75 bits per heavy atom. The van der Waals surface area contributed by atoms with Gasteiger partial charge in [-0.1, -0.05) is 35.9 Å². The van der Waals surface area contributed by atoms with Crippen molar-refractivity contribution in [1.82, 2.24) is 14.8 Å². The number of nitrogens with one attached hydrogen (secondary N) is 1. The van der Waals surface area contributed by atoms with Gasteiger partial charge in [-0.2, -0.15) is 0 Å². The van der Waals surface area contributed by atoms with E-state index in [1.807, 2.05) is 55.8 Å². The van der Waals surface area contributed by atoms with E-state index in [1.165, 1.54) is 5.56 Å². The molecule has 5 aromatic rings. The average Bonchev–Trinajstić information content (AvgIpc) is 3.50. The molecule has 7 nitrogen and oxygen atoms in total. The summed E-state index contributed by atoms with van der Waals surface area (Å²) in [5, 5.41) is 12.3. The highest BCUT2D eigenvalue weighted by Crippen LogP contribution is 2.32. The van der Waals surface area contributed by atoms with Gasteiger partial charge >= 0.3 is 0 Å². The summed E-state index contributed by atoms with van der Waals surface area (Å²) in [5.41, 5.74) is 5.80. The van der Waals surface area contributed by atoms with Gasteiger partial charge in [0, 0.05) is 22.8 Å². The van der Waals surface area contributed by atoms with Gasteiger partial charge in [0.1, 0.15) is 6.54 Å². The maximum Gasteiger partial charge on any atom is 0.283 e.